The lowest BCUT2D eigenvalue weighted by Gasteiger charge is -2.03. The maximum Gasteiger partial charge on any atom is 0.195 e. The van der Waals surface area contributed by atoms with E-state index in [-0.39, 0.29) is 41.3 Å². The number of benzene rings is 2. The molecule has 0 heterocycles. The molecule has 0 bridgehead atoms. The van der Waals surface area contributed by atoms with Crippen molar-refractivity contribution in [3.8, 4) is 0 Å². The fourth-order valence-corrected chi connectivity index (χ4v) is 1.97. The Morgan fingerprint density at radius 1 is 1.00 bits per heavy atom. The predicted octanol–water partition coefficient (Wildman–Crippen LogP) is 4.69. The molecule has 0 aliphatic carbocycles. The van der Waals surface area contributed by atoms with Crippen molar-refractivity contribution in [2.45, 2.75) is 20.6 Å². The highest BCUT2D eigenvalue weighted by molar-refractivity contribution is 7.78. The lowest BCUT2D eigenvalue weighted by atomic mass is 10.1. The van der Waals surface area contributed by atoms with Gasteiger partial charge in [-0.3, -0.25) is 0 Å². The number of nitrogen functional groups attached to an aromatic ring is 1. The number of aliphatic hydroxyl groups excluding tert-OH is 2. The van der Waals surface area contributed by atoms with Crippen LogP contribution in [0.4, 0.5) is 31.5 Å². The van der Waals surface area contributed by atoms with Gasteiger partial charge in [-0.05, 0) is 24.4 Å². The van der Waals surface area contributed by atoms with Gasteiger partial charge in [0.1, 0.15) is 17.3 Å². The molecule has 4 N–H and O–H groups in total. The number of thiocarbonyl (C=S) groups is 1. The molecule has 2 aromatic carbocycles. The zero-order chi connectivity index (χ0) is 19.7. The molecule has 0 saturated heterocycles. The first-order valence-corrected chi connectivity index (χ1v) is 7.28. The molecule has 9 heteroatoms. The van der Waals surface area contributed by atoms with Gasteiger partial charge in [-0.15, -0.1) is 0 Å². The van der Waals surface area contributed by atoms with Gasteiger partial charge >= 0.3 is 0 Å². The van der Waals surface area contributed by atoms with Crippen molar-refractivity contribution in [1.82, 2.24) is 0 Å². The molecule has 0 radical (unpaired) electrons. The molecule has 0 atom stereocenters. The maximum absolute atomic E-state index is 13.4. The Kier molecular flexibility index (Phi) is 10.1. The normalized spacial score (nSPS) is 8.81. The molecule has 0 amide bonds. The number of aliphatic hydroxyl groups is 2. The maximum atomic E-state index is 13.4. The van der Waals surface area contributed by atoms with E-state index in [2.05, 4.69) is 26.9 Å². The SMILES string of the molecule is C.[C-]#[N+]c1ccc(N)c(F)c1CO.[C-]#[N+]c1ccc(N=C=S)c(F)c1CO. The molecule has 6 nitrogen and oxygen atoms in total. The van der Waals surface area contributed by atoms with Gasteiger partial charge < -0.3 is 15.9 Å². The van der Waals surface area contributed by atoms with Crippen LogP contribution in [0.15, 0.2) is 29.3 Å². The molecule has 0 unspecified atom stereocenters. The highest BCUT2D eigenvalue weighted by atomic mass is 32.1. The van der Waals surface area contributed by atoms with Gasteiger partial charge in [0.15, 0.2) is 11.4 Å². The van der Waals surface area contributed by atoms with Crippen LogP contribution in [0.3, 0.4) is 0 Å². The minimum Gasteiger partial charge on any atom is -0.396 e. The van der Waals surface area contributed by atoms with E-state index in [0.717, 1.165) is 0 Å². The number of nitrogens with zero attached hydrogens (tertiary/aromatic N) is 3. The van der Waals surface area contributed by atoms with Crippen LogP contribution in [0.2, 0.25) is 0 Å². The summed E-state index contributed by atoms with van der Waals surface area (Å²) in [7, 11) is 0. The van der Waals surface area contributed by atoms with Crippen molar-refractivity contribution in [3.63, 3.8) is 0 Å². The summed E-state index contributed by atoms with van der Waals surface area (Å²) >= 11 is 4.33. The average molecular weight is 390 g/mol. The number of isothiocyanates is 1. The largest absolute Gasteiger partial charge is 0.396 e. The highest BCUT2D eigenvalue weighted by Gasteiger charge is 2.12. The molecular weight excluding hydrogens is 374 g/mol. The zero-order valence-electron chi connectivity index (χ0n) is 13.2. The van der Waals surface area contributed by atoms with Gasteiger partial charge in [-0.2, -0.15) is 4.99 Å². The molecule has 0 spiro atoms. The minimum absolute atomic E-state index is 0. The molecule has 27 heavy (non-hydrogen) atoms. The van der Waals surface area contributed by atoms with Gasteiger partial charge in [-0.25, -0.2) is 18.5 Å². The lowest BCUT2D eigenvalue weighted by molar-refractivity contribution is 0.276. The van der Waals surface area contributed by atoms with Crippen molar-refractivity contribution in [2.75, 3.05) is 5.73 Å². The van der Waals surface area contributed by atoms with Gasteiger partial charge in [-0.1, -0.05) is 19.6 Å². The van der Waals surface area contributed by atoms with E-state index in [9.17, 15) is 8.78 Å². The van der Waals surface area contributed by atoms with Crippen LogP contribution in [0, 0.1) is 24.8 Å². The topological polar surface area (TPSA) is 87.6 Å². The molecule has 2 aromatic rings. The van der Waals surface area contributed by atoms with Gasteiger partial charge in [0, 0.05) is 11.1 Å². The molecule has 0 aliphatic rings. The number of anilines is 1. The van der Waals surface area contributed by atoms with Crippen LogP contribution in [0.1, 0.15) is 18.6 Å². The summed E-state index contributed by atoms with van der Waals surface area (Å²) < 4.78 is 26.4. The zero-order valence-corrected chi connectivity index (χ0v) is 14.0. The fourth-order valence-electron chi connectivity index (χ4n) is 1.87. The van der Waals surface area contributed by atoms with E-state index in [4.69, 9.17) is 29.1 Å². The molecule has 0 aliphatic heterocycles. The van der Waals surface area contributed by atoms with Gasteiger partial charge in [0.25, 0.3) is 0 Å². The Bertz CT molecular complexity index is 946. The summed E-state index contributed by atoms with van der Waals surface area (Å²) in [6, 6.07) is 5.40. The van der Waals surface area contributed by atoms with E-state index in [1.54, 1.807) is 0 Å². The Labute approximate surface area is 160 Å². The molecular formula is C18H16F2N4O2S. The van der Waals surface area contributed by atoms with Crippen molar-refractivity contribution in [3.05, 3.63) is 69.9 Å². The van der Waals surface area contributed by atoms with E-state index in [1.165, 1.54) is 24.3 Å². The quantitative estimate of drug-likeness (QED) is 0.307. The Balaban J connectivity index is 0.000000488. The number of nitrogens with two attached hydrogens (primary N) is 1. The Morgan fingerprint density at radius 3 is 1.93 bits per heavy atom. The molecule has 0 fully saturated rings. The highest BCUT2D eigenvalue weighted by Crippen LogP contribution is 2.29. The van der Waals surface area contributed by atoms with Crippen molar-refractivity contribution >= 4 is 40.1 Å². The van der Waals surface area contributed by atoms with Crippen LogP contribution < -0.4 is 5.73 Å². The monoisotopic (exact) mass is 390 g/mol. The molecule has 0 aromatic heterocycles. The summed E-state index contributed by atoms with van der Waals surface area (Å²) in [5.41, 5.74) is 5.24. The predicted molar refractivity (Wildman–Crippen MR) is 103 cm³/mol. The summed E-state index contributed by atoms with van der Waals surface area (Å²) in [6.07, 6.45) is 0. The van der Waals surface area contributed by atoms with Crippen molar-refractivity contribution in [1.29, 1.82) is 0 Å². The van der Waals surface area contributed by atoms with E-state index >= 15 is 0 Å². The van der Waals surface area contributed by atoms with E-state index in [0.29, 0.717) is 0 Å². The van der Waals surface area contributed by atoms with E-state index in [1.807, 2.05) is 5.16 Å². The van der Waals surface area contributed by atoms with E-state index < -0.39 is 24.8 Å². The third-order valence-electron chi connectivity index (χ3n) is 3.17. The third kappa shape index (κ3) is 5.65. The standard InChI is InChI=1S/C9H5FN2OS.C8H7FN2O.CH4/c1-11-7-2-3-8(12-5-14)9(10)6(7)4-13;1-11-7-3-2-6(10)8(9)5(7)4-12;/h2-3,13H,4H2;2-3,12H,4,10H2;1H4. The smallest absolute Gasteiger partial charge is 0.195 e. The van der Waals surface area contributed by atoms with Crippen LogP contribution in [-0.4, -0.2) is 15.4 Å². The number of hydrogen-bond donors (Lipinski definition) is 3. The van der Waals surface area contributed by atoms with Gasteiger partial charge in [0.05, 0.1) is 37.2 Å². The second kappa shape index (κ2) is 11.4. The first kappa shape index (κ1) is 23.8. The van der Waals surface area contributed by atoms with Crippen LogP contribution in [0.25, 0.3) is 9.69 Å². The second-order valence-corrected chi connectivity index (χ2v) is 4.79. The molecule has 0 saturated carbocycles. The lowest BCUT2D eigenvalue weighted by Crippen LogP contribution is -1.96. The second-order valence-electron chi connectivity index (χ2n) is 4.61. The van der Waals surface area contributed by atoms with Gasteiger partial charge in [0.2, 0.25) is 0 Å². The molecule has 140 valence electrons. The number of aliphatic imine (C=N–C) groups is 1. The van der Waals surface area contributed by atoms with Crippen LogP contribution in [0.5, 0.6) is 0 Å². The number of rotatable bonds is 3. The average Bonchev–Trinajstić information content (AvgIpc) is 2.65. The fraction of sp³-hybridized carbons (Fsp3) is 0.167. The summed E-state index contributed by atoms with van der Waals surface area (Å²) in [5.74, 6) is -1.43. The number of halogens is 2. The first-order valence-electron chi connectivity index (χ1n) is 6.87. The minimum atomic E-state index is -0.724. The van der Waals surface area contributed by atoms with Crippen molar-refractivity contribution < 1.29 is 19.0 Å². The Hall–Kier alpha value is -3.20. The third-order valence-corrected chi connectivity index (χ3v) is 3.26. The molecule has 2 rings (SSSR count). The van der Waals surface area contributed by atoms with Crippen LogP contribution in [-0.2, 0) is 13.2 Å². The van der Waals surface area contributed by atoms with Crippen molar-refractivity contribution in [2.24, 2.45) is 4.99 Å². The summed E-state index contributed by atoms with van der Waals surface area (Å²) in [6.45, 7) is 12.4. The summed E-state index contributed by atoms with van der Waals surface area (Å²) in [5, 5.41) is 19.6. The first-order chi connectivity index (χ1) is 12.4. The number of hydrogen-bond acceptors (Lipinski definition) is 5. The summed E-state index contributed by atoms with van der Waals surface area (Å²) in [4.78, 5) is 9.57. The van der Waals surface area contributed by atoms with Crippen LogP contribution >= 0.6 is 12.2 Å². The Morgan fingerprint density at radius 2 is 1.48 bits per heavy atom.